The fourth-order valence-electron chi connectivity index (χ4n) is 4.90. The lowest BCUT2D eigenvalue weighted by Crippen LogP contribution is -2.15. The van der Waals surface area contributed by atoms with Crippen molar-refractivity contribution >= 4 is 40.1 Å². The minimum Gasteiger partial charge on any atom is -0.493 e. The second-order valence-corrected chi connectivity index (χ2v) is 11.6. The number of hydrogen-bond donors (Lipinski definition) is 2. The van der Waals surface area contributed by atoms with Crippen LogP contribution in [0.2, 0.25) is 0 Å². The number of carbonyl (C=O) groups excluding carboxylic acids is 1. The molecule has 1 amide bonds. The molecule has 0 spiro atoms. The lowest BCUT2D eigenvalue weighted by Gasteiger charge is -2.12. The molecule has 0 bridgehead atoms. The van der Waals surface area contributed by atoms with Crippen molar-refractivity contribution in [2.24, 2.45) is 0 Å². The van der Waals surface area contributed by atoms with E-state index in [0.29, 0.717) is 24.7 Å². The normalized spacial score (nSPS) is 11.2. The third-order valence-corrected chi connectivity index (χ3v) is 7.77. The molecule has 0 aliphatic carbocycles. The van der Waals surface area contributed by atoms with Crippen molar-refractivity contribution in [3.8, 4) is 28.3 Å². The van der Waals surface area contributed by atoms with Crippen LogP contribution in [0.15, 0.2) is 103 Å². The Morgan fingerprint density at radius 2 is 1.86 bits per heavy atom. The zero-order valence-corrected chi connectivity index (χ0v) is 25.4. The van der Waals surface area contributed by atoms with Crippen molar-refractivity contribution in [3.05, 3.63) is 108 Å². The first-order valence-corrected chi connectivity index (χ1v) is 15.3. The first-order valence-electron chi connectivity index (χ1n) is 14.4. The van der Waals surface area contributed by atoms with Crippen LogP contribution in [-0.2, 0) is 11.2 Å². The minimum absolute atomic E-state index is 0.0608. The third-order valence-electron chi connectivity index (χ3n) is 6.89. The van der Waals surface area contributed by atoms with Crippen molar-refractivity contribution in [1.29, 1.82) is 0 Å². The van der Waals surface area contributed by atoms with Gasteiger partial charge < -0.3 is 20.3 Å². The van der Waals surface area contributed by atoms with Crippen LogP contribution >= 0.6 is 11.3 Å². The Morgan fingerprint density at radius 1 is 0.977 bits per heavy atom. The molecule has 0 radical (unpaired) electrons. The number of hydrogen-bond acceptors (Lipinski definition) is 8. The van der Waals surface area contributed by atoms with E-state index in [0.717, 1.165) is 57.3 Å². The van der Waals surface area contributed by atoms with E-state index in [9.17, 15) is 4.79 Å². The highest BCUT2D eigenvalue weighted by atomic mass is 32.1. The van der Waals surface area contributed by atoms with Crippen LogP contribution in [0.1, 0.15) is 11.3 Å². The Labute approximate surface area is 260 Å². The largest absolute Gasteiger partial charge is 0.493 e. The summed E-state index contributed by atoms with van der Waals surface area (Å²) in [5.74, 6) is 1.19. The maximum Gasteiger partial charge on any atom is 0.229 e. The molecule has 0 fully saturated rings. The van der Waals surface area contributed by atoms with Crippen LogP contribution in [0.25, 0.3) is 28.0 Å². The number of pyridine rings is 1. The van der Waals surface area contributed by atoms with Gasteiger partial charge in [-0.3, -0.25) is 4.79 Å². The van der Waals surface area contributed by atoms with Crippen molar-refractivity contribution in [3.63, 3.8) is 0 Å². The summed E-state index contributed by atoms with van der Waals surface area (Å²) in [7, 11) is 4.11. The van der Waals surface area contributed by atoms with Crippen molar-refractivity contribution < 1.29 is 9.53 Å². The first kappa shape index (κ1) is 29.0. The Morgan fingerprint density at radius 3 is 2.73 bits per heavy atom. The lowest BCUT2D eigenvalue weighted by atomic mass is 10.0. The quantitative estimate of drug-likeness (QED) is 0.149. The van der Waals surface area contributed by atoms with Gasteiger partial charge in [-0.15, -0.1) is 11.3 Å². The van der Waals surface area contributed by atoms with Gasteiger partial charge >= 0.3 is 0 Å². The highest BCUT2D eigenvalue weighted by Gasteiger charge is 2.19. The van der Waals surface area contributed by atoms with Gasteiger partial charge in [-0.25, -0.2) is 14.5 Å². The summed E-state index contributed by atoms with van der Waals surface area (Å²) in [6.45, 7) is 1.61. The molecule has 222 valence electrons. The van der Waals surface area contributed by atoms with Gasteiger partial charge in [-0.1, -0.05) is 30.3 Å². The van der Waals surface area contributed by atoms with Gasteiger partial charge in [-0.2, -0.15) is 5.10 Å². The van der Waals surface area contributed by atoms with Crippen LogP contribution in [0, 0.1) is 0 Å². The molecule has 2 N–H and O–H groups in total. The minimum atomic E-state index is -0.0608. The average Bonchev–Trinajstić information content (AvgIpc) is 3.68. The maximum atomic E-state index is 12.7. The Kier molecular flexibility index (Phi) is 8.90. The standard InChI is InChI=1S/C34H33N7O2S/c1-40(2)17-8-19-43-27-12-6-11-26(22-27)37-34-35-16-15-29(38-34)32-30-14-3-4-18-41(30)39-33(32)24-9-5-10-25(21-24)36-31(42)23-28-13-7-20-44-28/h3-7,9-16,18,20-22H,8,17,19,23H2,1-2H3,(H,36,42)(H,35,37,38). The highest BCUT2D eigenvalue weighted by Crippen LogP contribution is 2.35. The van der Waals surface area contributed by atoms with Gasteiger partial charge in [-0.05, 0) is 74.4 Å². The molecule has 0 saturated heterocycles. The van der Waals surface area contributed by atoms with Gasteiger partial charge in [0.25, 0.3) is 0 Å². The summed E-state index contributed by atoms with van der Waals surface area (Å²) in [6.07, 6.45) is 4.94. The second kappa shape index (κ2) is 13.5. The second-order valence-electron chi connectivity index (χ2n) is 10.6. The van der Waals surface area contributed by atoms with Crippen LogP contribution in [0.5, 0.6) is 5.75 Å². The number of carbonyl (C=O) groups is 1. The summed E-state index contributed by atoms with van der Waals surface area (Å²) >= 11 is 1.57. The molecular formula is C34H33N7O2S. The number of nitrogens with one attached hydrogen (secondary N) is 2. The first-order chi connectivity index (χ1) is 21.5. The van der Waals surface area contributed by atoms with Crippen LogP contribution < -0.4 is 15.4 Å². The fourth-order valence-corrected chi connectivity index (χ4v) is 5.60. The maximum absolute atomic E-state index is 12.7. The van der Waals surface area contributed by atoms with Crippen molar-refractivity contribution in [1.82, 2.24) is 24.5 Å². The van der Waals surface area contributed by atoms with E-state index in [1.54, 1.807) is 17.5 Å². The number of nitrogens with zero attached hydrogens (tertiary/aromatic N) is 5. The van der Waals surface area contributed by atoms with Crippen molar-refractivity contribution in [2.45, 2.75) is 12.8 Å². The van der Waals surface area contributed by atoms with E-state index in [2.05, 4.69) is 34.6 Å². The van der Waals surface area contributed by atoms with Gasteiger partial charge in [0.1, 0.15) is 11.4 Å². The predicted octanol–water partition coefficient (Wildman–Crippen LogP) is 6.78. The summed E-state index contributed by atoms with van der Waals surface area (Å²) in [5.41, 5.74) is 5.66. The summed E-state index contributed by atoms with van der Waals surface area (Å²) in [6, 6.07) is 27.3. The van der Waals surface area contributed by atoms with Gasteiger partial charge in [0.15, 0.2) is 0 Å². The SMILES string of the molecule is CN(C)CCCOc1cccc(Nc2nccc(-c3c(-c4cccc(NC(=O)Cc5cccs5)c4)nn4ccccc34)n2)c1. The molecule has 44 heavy (non-hydrogen) atoms. The number of benzene rings is 2. The Hall–Kier alpha value is -5.06. The average molecular weight is 604 g/mol. The zero-order chi connectivity index (χ0) is 30.3. The molecule has 2 aromatic carbocycles. The van der Waals surface area contributed by atoms with Crippen LogP contribution in [-0.4, -0.2) is 57.6 Å². The van der Waals surface area contributed by atoms with E-state index < -0.39 is 0 Å². The molecule has 0 saturated carbocycles. The van der Waals surface area contributed by atoms with Crippen molar-refractivity contribution in [2.75, 3.05) is 37.9 Å². The predicted molar refractivity (Wildman–Crippen MR) is 177 cm³/mol. The number of anilines is 3. The smallest absolute Gasteiger partial charge is 0.229 e. The molecule has 10 heteroatoms. The van der Waals surface area contributed by atoms with E-state index in [1.807, 2.05) is 101 Å². The van der Waals surface area contributed by atoms with E-state index in [1.165, 1.54) is 0 Å². The summed E-state index contributed by atoms with van der Waals surface area (Å²) in [5, 5.41) is 13.2. The zero-order valence-electron chi connectivity index (χ0n) is 24.6. The van der Waals surface area contributed by atoms with Crippen LogP contribution in [0.3, 0.4) is 0 Å². The molecule has 6 rings (SSSR count). The van der Waals surface area contributed by atoms with E-state index in [-0.39, 0.29) is 5.91 Å². The Balaban J connectivity index is 1.26. The molecule has 4 heterocycles. The molecule has 4 aromatic heterocycles. The number of thiophene rings is 1. The fraction of sp³-hybridized carbons (Fsp3) is 0.176. The monoisotopic (exact) mass is 603 g/mol. The van der Waals surface area contributed by atoms with Gasteiger partial charge in [0.05, 0.1) is 29.8 Å². The molecule has 0 atom stereocenters. The molecule has 6 aromatic rings. The molecular weight excluding hydrogens is 570 g/mol. The lowest BCUT2D eigenvalue weighted by molar-refractivity contribution is -0.115. The third kappa shape index (κ3) is 7.11. The summed E-state index contributed by atoms with van der Waals surface area (Å²) < 4.78 is 7.79. The number of rotatable bonds is 12. The molecule has 0 aliphatic heterocycles. The summed E-state index contributed by atoms with van der Waals surface area (Å²) in [4.78, 5) is 25.2. The van der Waals surface area contributed by atoms with E-state index in [4.69, 9.17) is 14.8 Å². The van der Waals surface area contributed by atoms with E-state index >= 15 is 0 Å². The number of ether oxygens (including phenoxy) is 1. The number of amides is 1. The molecule has 0 aliphatic rings. The molecule has 9 nitrogen and oxygen atoms in total. The molecule has 0 unspecified atom stereocenters. The van der Waals surface area contributed by atoms with Gasteiger partial charge in [0.2, 0.25) is 11.9 Å². The topological polar surface area (TPSA) is 96.7 Å². The van der Waals surface area contributed by atoms with Crippen LogP contribution in [0.4, 0.5) is 17.3 Å². The number of fused-ring (bicyclic) bond motifs is 1. The Bertz CT molecular complexity index is 1870. The highest BCUT2D eigenvalue weighted by molar-refractivity contribution is 7.10. The number of aromatic nitrogens is 4. The van der Waals surface area contributed by atoms with Gasteiger partial charge in [0, 0.05) is 46.8 Å².